The monoisotopic (exact) mass is 390 g/mol. The van der Waals surface area contributed by atoms with Crippen molar-refractivity contribution >= 4 is 33.2 Å². The number of carbonyl (C=O) groups excluding carboxylic acids is 1. The molecule has 0 spiro atoms. The van der Waals surface area contributed by atoms with Crippen molar-refractivity contribution < 1.29 is 17.6 Å². The van der Waals surface area contributed by atoms with Crippen LogP contribution >= 0.6 is 11.6 Å². The van der Waals surface area contributed by atoms with Crippen LogP contribution in [-0.2, 0) is 16.6 Å². The number of carbonyl (C=O) groups is 1. The van der Waals surface area contributed by atoms with Gasteiger partial charge >= 0.3 is 0 Å². The van der Waals surface area contributed by atoms with Gasteiger partial charge in [0.15, 0.2) is 0 Å². The summed E-state index contributed by atoms with van der Waals surface area (Å²) in [6.07, 6.45) is 1.47. The van der Waals surface area contributed by atoms with Crippen molar-refractivity contribution in [3.8, 4) is 0 Å². The molecule has 0 aliphatic rings. The van der Waals surface area contributed by atoms with Crippen LogP contribution in [0.15, 0.2) is 76.2 Å². The molecule has 3 aromatic rings. The Morgan fingerprint density at radius 3 is 2.46 bits per heavy atom. The zero-order chi connectivity index (χ0) is 18.6. The van der Waals surface area contributed by atoms with Crippen molar-refractivity contribution in [3.63, 3.8) is 0 Å². The van der Waals surface area contributed by atoms with Gasteiger partial charge in [-0.3, -0.25) is 4.79 Å². The van der Waals surface area contributed by atoms with E-state index < -0.39 is 10.0 Å². The van der Waals surface area contributed by atoms with E-state index in [2.05, 4.69) is 10.0 Å². The van der Waals surface area contributed by atoms with Crippen LogP contribution in [0, 0.1) is 0 Å². The van der Waals surface area contributed by atoms with Gasteiger partial charge in [0.25, 0.3) is 5.91 Å². The van der Waals surface area contributed by atoms with E-state index in [-0.39, 0.29) is 17.3 Å². The SMILES string of the molecule is O=C(Nc1ccc(S(=O)(=O)NCc2ccco2)cc1)c1cccc(Cl)c1. The van der Waals surface area contributed by atoms with Gasteiger partial charge in [0.05, 0.1) is 17.7 Å². The van der Waals surface area contributed by atoms with Crippen LogP contribution < -0.4 is 10.0 Å². The molecule has 0 aliphatic carbocycles. The van der Waals surface area contributed by atoms with Crippen LogP contribution in [-0.4, -0.2) is 14.3 Å². The highest BCUT2D eigenvalue weighted by Gasteiger charge is 2.15. The highest BCUT2D eigenvalue weighted by atomic mass is 35.5. The van der Waals surface area contributed by atoms with Crippen LogP contribution in [0.2, 0.25) is 5.02 Å². The van der Waals surface area contributed by atoms with Crippen molar-refractivity contribution in [3.05, 3.63) is 83.3 Å². The third kappa shape index (κ3) is 4.51. The minimum absolute atomic E-state index is 0.0581. The summed E-state index contributed by atoms with van der Waals surface area (Å²) in [6, 6.07) is 15.8. The smallest absolute Gasteiger partial charge is 0.255 e. The molecule has 1 amide bonds. The number of anilines is 1. The normalized spacial score (nSPS) is 11.3. The molecule has 0 unspecified atom stereocenters. The largest absolute Gasteiger partial charge is 0.468 e. The van der Waals surface area contributed by atoms with Gasteiger partial charge in [-0.2, -0.15) is 0 Å². The van der Waals surface area contributed by atoms with Gasteiger partial charge in [-0.1, -0.05) is 17.7 Å². The highest BCUT2D eigenvalue weighted by molar-refractivity contribution is 7.89. The number of amides is 1. The second-order valence-corrected chi connectivity index (χ2v) is 7.60. The summed E-state index contributed by atoms with van der Waals surface area (Å²) in [6.45, 7) is 0.0581. The van der Waals surface area contributed by atoms with E-state index in [9.17, 15) is 13.2 Å². The van der Waals surface area contributed by atoms with Gasteiger partial charge < -0.3 is 9.73 Å². The molecule has 2 aromatic carbocycles. The van der Waals surface area contributed by atoms with Gasteiger partial charge in [-0.25, -0.2) is 13.1 Å². The molecule has 6 nitrogen and oxygen atoms in total. The Labute approximate surface area is 155 Å². The van der Waals surface area contributed by atoms with Crippen LogP contribution in [0.4, 0.5) is 5.69 Å². The number of halogens is 1. The lowest BCUT2D eigenvalue weighted by Gasteiger charge is -2.08. The fraction of sp³-hybridized carbons (Fsp3) is 0.0556. The Balaban J connectivity index is 1.66. The van der Waals surface area contributed by atoms with Gasteiger partial charge in [-0.15, -0.1) is 0 Å². The van der Waals surface area contributed by atoms with Crippen LogP contribution in [0.5, 0.6) is 0 Å². The lowest BCUT2D eigenvalue weighted by molar-refractivity contribution is 0.102. The fourth-order valence-electron chi connectivity index (χ4n) is 2.21. The van der Waals surface area contributed by atoms with E-state index in [1.165, 1.54) is 30.5 Å². The first kappa shape index (κ1) is 18.2. The van der Waals surface area contributed by atoms with E-state index in [1.54, 1.807) is 36.4 Å². The number of nitrogens with one attached hydrogen (secondary N) is 2. The summed E-state index contributed by atoms with van der Waals surface area (Å²) in [5.41, 5.74) is 0.884. The van der Waals surface area contributed by atoms with Gasteiger partial charge in [0.1, 0.15) is 5.76 Å². The Kier molecular flexibility index (Phi) is 5.41. The second-order valence-electron chi connectivity index (χ2n) is 5.39. The first-order chi connectivity index (χ1) is 12.4. The molecule has 2 N–H and O–H groups in total. The molecule has 0 radical (unpaired) electrons. The quantitative estimate of drug-likeness (QED) is 0.672. The second kappa shape index (κ2) is 7.74. The average Bonchev–Trinajstić information content (AvgIpc) is 3.14. The van der Waals surface area contributed by atoms with Crippen LogP contribution in [0.1, 0.15) is 16.1 Å². The van der Waals surface area contributed by atoms with E-state index in [0.717, 1.165) is 0 Å². The molecule has 0 bridgehead atoms. The molecule has 1 heterocycles. The maximum absolute atomic E-state index is 12.3. The summed E-state index contributed by atoms with van der Waals surface area (Å²) in [4.78, 5) is 12.3. The van der Waals surface area contributed by atoms with Crippen molar-refractivity contribution in [1.29, 1.82) is 0 Å². The third-order valence-corrected chi connectivity index (χ3v) is 5.18. The van der Waals surface area contributed by atoms with Crippen molar-refractivity contribution in [1.82, 2.24) is 4.72 Å². The molecule has 3 rings (SSSR count). The number of benzene rings is 2. The fourth-order valence-corrected chi connectivity index (χ4v) is 3.40. The Morgan fingerprint density at radius 1 is 1.04 bits per heavy atom. The number of hydrogen-bond acceptors (Lipinski definition) is 4. The van der Waals surface area contributed by atoms with Crippen LogP contribution in [0.25, 0.3) is 0 Å². The van der Waals surface area contributed by atoms with Gasteiger partial charge in [0.2, 0.25) is 10.0 Å². The molecule has 0 saturated heterocycles. The molecule has 1 aromatic heterocycles. The summed E-state index contributed by atoms with van der Waals surface area (Å²) >= 11 is 5.87. The van der Waals surface area contributed by atoms with E-state index in [4.69, 9.17) is 16.0 Å². The summed E-state index contributed by atoms with van der Waals surface area (Å²) in [5.74, 6) is 0.179. The van der Waals surface area contributed by atoms with E-state index in [0.29, 0.717) is 22.0 Å². The predicted molar refractivity (Wildman–Crippen MR) is 98.6 cm³/mol. The van der Waals surface area contributed by atoms with Gasteiger partial charge in [0, 0.05) is 16.3 Å². The standard InChI is InChI=1S/C18H15ClN2O4S/c19-14-4-1-3-13(11-14)18(22)21-15-6-8-17(9-7-15)26(23,24)20-12-16-5-2-10-25-16/h1-11,20H,12H2,(H,21,22). The lowest BCUT2D eigenvalue weighted by Crippen LogP contribution is -2.23. The average molecular weight is 391 g/mol. The number of furan rings is 1. The number of hydrogen-bond donors (Lipinski definition) is 2. The topological polar surface area (TPSA) is 88.4 Å². The maximum atomic E-state index is 12.3. The van der Waals surface area contributed by atoms with E-state index >= 15 is 0 Å². The number of sulfonamides is 1. The molecule has 0 aliphatic heterocycles. The van der Waals surface area contributed by atoms with Crippen LogP contribution in [0.3, 0.4) is 0 Å². The first-order valence-corrected chi connectivity index (χ1v) is 9.49. The minimum atomic E-state index is -3.68. The maximum Gasteiger partial charge on any atom is 0.255 e. The zero-order valence-corrected chi connectivity index (χ0v) is 15.0. The molecule has 8 heteroatoms. The number of rotatable bonds is 6. The minimum Gasteiger partial charge on any atom is -0.468 e. The zero-order valence-electron chi connectivity index (χ0n) is 13.5. The third-order valence-electron chi connectivity index (χ3n) is 3.53. The lowest BCUT2D eigenvalue weighted by atomic mass is 10.2. The molecule has 0 fully saturated rings. The summed E-state index contributed by atoms with van der Waals surface area (Å²) in [7, 11) is -3.68. The summed E-state index contributed by atoms with van der Waals surface area (Å²) < 4.78 is 32.1. The van der Waals surface area contributed by atoms with Gasteiger partial charge in [-0.05, 0) is 54.6 Å². The highest BCUT2D eigenvalue weighted by Crippen LogP contribution is 2.17. The molecule has 134 valence electrons. The molecular weight excluding hydrogens is 376 g/mol. The first-order valence-electron chi connectivity index (χ1n) is 7.63. The van der Waals surface area contributed by atoms with Crippen molar-refractivity contribution in [2.24, 2.45) is 0 Å². The molecule has 0 atom stereocenters. The molecule has 0 saturated carbocycles. The summed E-state index contributed by atoms with van der Waals surface area (Å²) in [5, 5.41) is 3.15. The van der Waals surface area contributed by atoms with E-state index in [1.807, 2.05) is 0 Å². The van der Waals surface area contributed by atoms with Crippen molar-refractivity contribution in [2.75, 3.05) is 5.32 Å². The molecular formula is C18H15ClN2O4S. The Bertz CT molecular complexity index is 1000. The molecule has 26 heavy (non-hydrogen) atoms. The van der Waals surface area contributed by atoms with Crippen molar-refractivity contribution in [2.45, 2.75) is 11.4 Å². The predicted octanol–water partition coefficient (Wildman–Crippen LogP) is 3.66. The Morgan fingerprint density at radius 2 is 1.81 bits per heavy atom. The Hall–Kier alpha value is -2.61.